The molecule has 25 heavy (non-hydrogen) atoms. The molecule has 0 radical (unpaired) electrons. The Balaban J connectivity index is 0.00000225. The van der Waals surface area contributed by atoms with E-state index >= 15 is 0 Å². The Morgan fingerprint density at radius 2 is 2.08 bits per heavy atom. The fourth-order valence-electron chi connectivity index (χ4n) is 3.40. The van der Waals surface area contributed by atoms with Gasteiger partial charge < -0.3 is 10.6 Å². The minimum absolute atomic E-state index is 0. The summed E-state index contributed by atoms with van der Waals surface area (Å²) in [7, 11) is 0. The number of alkyl halides is 3. The topological polar surface area (TPSA) is 41.1 Å². The molecule has 1 aromatic carbocycles. The number of benzene rings is 1. The van der Waals surface area contributed by atoms with Crippen LogP contribution in [0.1, 0.15) is 43.2 Å². The lowest BCUT2D eigenvalue weighted by Crippen LogP contribution is -2.32. The lowest BCUT2D eigenvalue weighted by Gasteiger charge is -2.18. The van der Waals surface area contributed by atoms with Crippen molar-refractivity contribution in [3.63, 3.8) is 0 Å². The second-order valence-electron chi connectivity index (χ2n) is 7.03. The molecule has 1 amide bonds. The highest BCUT2D eigenvalue weighted by Crippen LogP contribution is 2.48. The molecule has 1 atom stereocenters. The van der Waals surface area contributed by atoms with E-state index in [9.17, 15) is 18.0 Å². The van der Waals surface area contributed by atoms with Gasteiger partial charge in [0, 0.05) is 18.4 Å². The van der Waals surface area contributed by atoms with E-state index < -0.39 is 11.7 Å². The highest BCUT2D eigenvalue weighted by atomic mass is 35.5. The predicted octanol–water partition coefficient (Wildman–Crippen LogP) is 3.66. The van der Waals surface area contributed by atoms with Crippen molar-refractivity contribution in [1.82, 2.24) is 10.6 Å². The minimum atomic E-state index is -4.33. The SMILES string of the molecule is Cl.O=C(CCC1CCNC1)NCC1(c2cccc(C(F)(F)F)c2)CC1. The van der Waals surface area contributed by atoms with Crippen LogP contribution in [-0.4, -0.2) is 25.5 Å². The molecule has 140 valence electrons. The van der Waals surface area contributed by atoms with Gasteiger partial charge in [-0.05, 0) is 56.3 Å². The van der Waals surface area contributed by atoms with E-state index in [1.807, 2.05) is 0 Å². The van der Waals surface area contributed by atoms with Crippen LogP contribution in [0, 0.1) is 5.92 Å². The Hall–Kier alpha value is -1.27. The molecule has 1 aliphatic heterocycles. The monoisotopic (exact) mass is 376 g/mol. The Morgan fingerprint density at radius 3 is 2.68 bits per heavy atom. The van der Waals surface area contributed by atoms with Crippen LogP contribution in [0.3, 0.4) is 0 Å². The van der Waals surface area contributed by atoms with Gasteiger partial charge in [-0.2, -0.15) is 13.2 Å². The molecule has 0 aromatic heterocycles. The van der Waals surface area contributed by atoms with Gasteiger partial charge in [0.2, 0.25) is 5.91 Å². The number of amides is 1. The number of rotatable bonds is 6. The summed E-state index contributed by atoms with van der Waals surface area (Å²) in [5.74, 6) is 0.564. The zero-order chi connectivity index (χ0) is 17.2. The van der Waals surface area contributed by atoms with E-state index in [1.54, 1.807) is 6.07 Å². The van der Waals surface area contributed by atoms with Crippen LogP contribution >= 0.6 is 12.4 Å². The predicted molar refractivity (Wildman–Crippen MR) is 92.8 cm³/mol. The van der Waals surface area contributed by atoms with Crippen molar-refractivity contribution in [2.45, 2.75) is 43.7 Å². The van der Waals surface area contributed by atoms with Gasteiger partial charge in [0.05, 0.1) is 5.56 Å². The third-order valence-corrected chi connectivity index (χ3v) is 5.22. The maximum absolute atomic E-state index is 12.9. The Labute approximate surface area is 152 Å². The van der Waals surface area contributed by atoms with Gasteiger partial charge in [-0.25, -0.2) is 0 Å². The van der Waals surface area contributed by atoms with Crippen molar-refractivity contribution in [3.05, 3.63) is 35.4 Å². The van der Waals surface area contributed by atoms with E-state index in [2.05, 4.69) is 10.6 Å². The van der Waals surface area contributed by atoms with Crippen LogP contribution in [0.4, 0.5) is 13.2 Å². The normalized spacial score (nSPS) is 21.5. The maximum atomic E-state index is 12.9. The summed E-state index contributed by atoms with van der Waals surface area (Å²) in [6.07, 6.45) is -0.214. The second kappa shape index (κ2) is 7.96. The van der Waals surface area contributed by atoms with Gasteiger partial charge in [-0.1, -0.05) is 18.2 Å². The summed E-state index contributed by atoms with van der Waals surface area (Å²) >= 11 is 0. The van der Waals surface area contributed by atoms with Gasteiger partial charge in [0.25, 0.3) is 0 Å². The molecule has 0 bridgehead atoms. The Kier molecular flexibility index (Phi) is 6.38. The standard InChI is InChI=1S/C18H23F3N2O.ClH/c19-18(20,21)15-3-1-2-14(10-15)17(7-8-17)12-23-16(24)5-4-13-6-9-22-11-13;/h1-3,10,13,22H,4-9,11-12H2,(H,23,24);1H. The van der Waals surface area contributed by atoms with Crippen LogP contribution in [-0.2, 0) is 16.4 Å². The smallest absolute Gasteiger partial charge is 0.355 e. The molecule has 3 rings (SSSR count). The first-order valence-corrected chi connectivity index (χ1v) is 8.54. The van der Waals surface area contributed by atoms with E-state index in [0.717, 1.165) is 44.8 Å². The fourth-order valence-corrected chi connectivity index (χ4v) is 3.40. The van der Waals surface area contributed by atoms with Crippen LogP contribution in [0.2, 0.25) is 0 Å². The highest BCUT2D eigenvalue weighted by molar-refractivity contribution is 5.85. The molecule has 1 aromatic rings. The largest absolute Gasteiger partial charge is 0.416 e. The van der Waals surface area contributed by atoms with Crippen molar-refractivity contribution >= 4 is 18.3 Å². The fraction of sp³-hybridized carbons (Fsp3) is 0.611. The van der Waals surface area contributed by atoms with Crippen molar-refractivity contribution in [2.24, 2.45) is 5.92 Å². The summed E-state index contributed by atoms with van der Waals surface area (Å²) in [6.45, 7) is 2.42. The maximum Gasteiger partial charge on any atom is 0.416 e. The average molecular weight is 377 g/mol. The average Bonchev–Trinajstić information content (AvgIpc) is 3.17. The van der Waals surface area contributed by atoms with Crippen molar-refractivity contribution in [3.8, 4) is 0 Å². The summed E-state index contributed by atoms with van der Waals surface area (Å²) in [6, 6.07) is 5.50. The van der Waals surface area contributed by atoms with Gasteiger partial charge in [-0.15, -0.1) is 12.4 Å². The third kappa shape index (κ3) is 5.11. The number of hydrogen-bond acceptors (Lipinski definition) is 2. The molecular formula is C18H24ClF3N2O. The molecule has 2 fully saturated rings. The van der Waals surface area contributed by atoms with Gasteiger partial charge in [-0.3, -0.25) is 4.79 Å². The van der Waals surface area contributed by atoms with Gasteiger partial charge in [0.1, 0.15) is 0 Å². The van der Waals surface area contributed by atoms with Gasteiger partial charge in [0.15, 0.2) is 0 Å². The first-order chi connectivity index (χ1) is 11.4. The second-order valence-corrected chi connectivity index (χ2v) is 7.03. The summed E-state index contributed by atoms with van der Waals surface area (Å²) in [4.78, 5) is 12.0. The molecule has 0 spiro atoms. The van der Waals surface area contributed by atoms with Crippen LogP contribution in [0.5, 0.6) is 0 Å². The number of hydrogen-bond donors (Lipinski definition) is 2. The zero-order valence-corrected chi connectivity index (χ0v) is 14.8. The van der Waals surface area contributed by atoms with Crippen molar-refractivity contribution < 1.29 is 18.0 Å². The van der Waals surface area contributed by atoms with E-state index in [-0.39, 0.29) is 23.7 Å². The highest BCUT2D eigenvalue weighted by Gasteiger charge is 2.45. The molecule has 1 heterocycles. The molecular weight excluding hydrogens is 353 g/mol. The molecule has 1 saturated carbocycles. The molecule has 2 aliphatic rings. The molecule has 2 N–H and O–H groups in total. The number of carbonyl (C=O) groups is 1. The minimum Gasteiger partial charge on any atom is -0.355 e. The lowest BCUT2D eigenvalue weighted by atomic mass is 9.94. The molecule has 7 heteroatoms. The Morgan fingerprint density at radius 1 is 1.32 bits per heavy atom. The first-order valence-electron chi connectivity index (χ1n) is 8.54. The first kappa shape index (κ1) is 20.0. The van der Waals surface area contributed by atoms with E-state index in [4.69, 9.17) is 0 Å². The molecule has 1 aliphatic carbocycles. The van der Waals surface area contributed by atoms with Crippen molar-refractivity contribution in [2.75, 3.05) is 19.6 Å². The zero-order valence-electron chi connectivity index (χ0n) is 14.0. The third-order valence-electron chi connectivity index (χ3n) is 5.22. The van der Waals surface area contributed by atoms with Crippen LogP contribution in [0.25, 0.3) is 0 Å². The molecule has 1 saturated heterocycles. The van der Waals surface area contributed by atoms with Gasteiger partial charge >= 0.3 is 6.18 Å². The van der Waals surface area contributed by atoms with E-state index in [1.165, 1.54) is 12.1 Å². The Bertz CT molecular complexity index is 596. The molecule has 3 nitrogen and oxygen atoms in total. The summed E-state index contributed by atoms with van der Waals surface area (Å²) in [5, 5.41) is 6.20. The quantitative estimate of drug-likeness (QED) is 0.795. The summed E-state index contributed by atoms with van der Waals surface area (Å²) in [5.41, 5.74) is -0.254. The van der Waals surface area contributed by atoms with E-state index in [0.29, 0.717) is 24.4 Å². The van der Waals surface area contributed by atoms with Crippen LogP contribution in [0.15, 0.2) is 24.3 Å². The van der Waals surface area contributed by atoms with Crippen LogP contribution < -0.4 is 10.6 Å². The lowest BCUT2D eigenvalue weighted by molar-refractivity contribution is -0.137. The molecule has 1 unspecified atom stereocenters. The summed E-state index contributed by atoms with van der Waals surface area (Å²) < 4.78 is 38.6. The number of halogens is 4. The number of nitrogens with one attached hydrogen (secondary N) is 2. The number of carbonyl (C=O) groups excluding carboxylic acids is 1. The van der Waals surface area contributed by atoms with Crippen molar-refractivity contribution in [1.29, 1.82) is 0 Å².